The average Bonchev–Trinajstić information content (AvgIpc) is 2.66. The van der Waals surface area contributed by atoms with Gasteiger partial charge in [0.25, 0.3) is 0 Å². The second kappa shape index (κ2) is 7.13. The number of nitrogens with two attached hydrogens (primary N) is 1. The molecule has 1 unspecified atom stereocenters. The summed E-state index contributed by atoms with van der Waals surface area (Å²) in [4.78, 5) is 12.0. The number of carbonyl (C=O) groups is 1. The van der Waals surface area contributed by atoms with Crippen LogP contribution in [0.1, 0.15) is 52.4 Å². The molecule has 0 aliphatic heterocycles. The molecular formula is C12H25ClN2O. The third-order valence-electron chi connectivity index (χ3n) is 3.60. The first kappa shape index (κ1) is 15.7. The molecule has 0 aromatic heterocycles. The van der Waals surface area contributed by atoms with E-state index in [-0.39, 0.29) is 29.8 Å². The van der Waals surface area contributed by atoms with Gasteiger partial charge in [0.05, 0.1) is 0 Å². The Morgan fingerprint density at radius 2 is 2.00 bits per heavy atom. The normalized spacial score (nSPS) is 19.9. The minimum Gasteiger partial charge on any atom is -0.356 e. The second-order valence-corrected chi connectivity index (χ2v) is 4.86. The van der Waals surface area contributed by atoms with E-state index in [2.05, 4.69) is 12.2 Å². The Bertz CT molecular complexity index is 213. The van der Waals surface area contributed by atoms with Crippen molar-refractivity contribution in [1.29, 1.82) is 0 Å². The van der Waals surface area contributed by atoms with Crippen LogP contribution in [0.2, 0.25) is 0 Å². The summed E-state index contributed by atoms with van der Waals surface area (Å²) in [6.45, 7) is 4.81. The zero-order chi connectivity index (χ0) is 11.3. The predicted molar refractivity (Wildman–Crippen MR) is 69.7 cm³/mol. The highest BCUT2D eigenvalue weighted by atomic mass is 35.5. The Kier molecular flexibility index (Phi) is 7.00. The fourth-order valence-electron chi connectivity index (χ4n) is 2.39. The van der Waals surface area contributed by atoms with E-state index in [4.69, 9.17) is 5.73 Å². The molecule has 0 heterocycles. The summed E-state index contributed by atoms with van der Waals surface area (Å²) in [5.41, 5.74) is 5.59. The van der Waals surface area contributed by atoms with Gasteiger partial charge in [0.15, 0.2) is 0 Å². The van der Waals surface area contributed by atoms with Gasteiger partial charge in [-0.15, -0.1) is 12.4 Å². The molecule has 96 valence electrons. The highest BCUT2D eigenvalue weighted by molar-refractivity contribution is 5.85. The van der Waals surface area contributed by atoms with Crippen molar-refractivity contribution in [2.45, 2.75) is 58.4 Å². The molecule has 1 atom stereocenters. The molecule has 1 aliphatic carbocycles. The van der Waals surface area contributed by atoms with Crippen molar-refractivity contribution in [3.63, 3.8) is 0 Å². The molecule has 0 saturated heterocycles. The van der Waals surface area contributed by atoms with Crippen molar-refractivity contribution >= 4 is 18.3 Å². The van der Waals surface area contributed by atoms with E-state index in [9.17, 15) is 4.79 Å². The van der Waals surface area contributed by atoms with Crippen LogP contribution < -0.4 is 11.1 Å². The Morgan fingerprint density at radius 3 is 2.44 bits per heavy atom. The van der Waals surface area contributed by atoms with Crippen LogP contribution in [0.15, 0.2) is 0 Å². The van der Waals surface area contributed by atoms with E-state index < -0.39 is 0 Å². The molecule has 1 saturated carbocycles. The molecule has 1 aliphatic rings. The minimum atomic E-state index is -0.0577. The van der Waals surface area contributed by atoms with Crippen molar-refractivity contribution in [3.8, 4) is 0 Å². The quantitative estimate of drug-likeness (QED) is 0.784. The van der Waals surface area contributed by atoms with E-state index in [1.54, 1.807) is 0 Å². The molecule has 0 spiro atoms. The van der Waals surface area contributed by atoms with E-state index >= 15 is 0 Å². The molecule has 0 aromatic carbocycles. The fraction of sp³-hybridized carbons (Fsp3) is 0.917. The smallest absolute Gasteiger partial charge is 0.226 e. The Hall–Kier alpha value is -0.280. The molecule has 1 amide bonds. The minimum absolute atomic E-state index is 0. The molecular weight excluding hydrogens is 224 g/mol. The topological polar surface area (TPSA) is 55.1 Å². The largest absolute Gasteiger partial charge is 0.356 e. The van der Waals surface area contributed by atoms with Crippen molar-refractivity contribution < 1.29 is 4.79 Å². The first-order valence-electron chi connectivity index (χ1n) is 6.14. The van der Waals surface area contributed by atoms with Crippen LogP contribution >= 0.6 is 12.4 Å². The van der Waals surface area contributed by atoms with Crippen LogP contribution in [-0.2, 0) is 4.79 Å². The second-order valence-electron chi connectivity index (χ2n) is 4.86. The molecule has 0 radical (unpaired) electrons. The van der Waals surface area contributed by atoms with Crippen LogP contribution in [0.3, 0.4) is 0 Å². The molecule has 4 heteroatoms. The van der Waals surface area contributed by atoms with Crippen LogP contribution in [0.4, 0.5) is 0 Å². The number of carbonyl (C=O) groups excluding carboxylic acids is 1. The Balaban J connectivity index is 0.00000225. The van der Waals surface area contributed by atoms with E-state index in [1.807, 2.05) is 6.92 Å². The van der Waals surface area contributed by atoms with Gasteiger partial charge in [0.2, 0.25) is 5.91 Å². The monoisotopic (exact) mass is 248 g/mol. The molecule has 1 rings (SSSR count). The number of nitrogens with one attached hydrogen (secondary N) is 1. The highest BCUT2D eigenvalue weighted by Gasteiger charge is 2.38. The van der Waals surface area contributed by atoms with E-state index in [0.717, 1.165) is 32.2 Å². The Morgan fingerprint density at radius 1 is 1.44 bits per heavy atom. The van der Waals surface area contributed by atoms with Gasteiger partial charge < -0.3 is 11.1 Å². The summed E-state index contributed by atoms with van der Waals surface area (Å²) in [7, 11) is 0. The van der Waals surface area contributed by atoms with Crippen molar-refractivity contribution in [3.05, 3.63) is 0 Å². The Labute approximate surface area is 105 Å². The van der Waals surface area contributed by atoms with Gasteiger partial charge in [-0.3, -0.25) is 4.79 Å². The summed E-state index contributed by atoms with van der Waals surface area (Å²) < 4.78 is 0. The van der Waals surface area contributed by atoms with Gasteiger partial charge in [-0.25, -0.2) is 0 Å². The predicted octanol–water partition coefficient (Wildman–Crippen LogP) is 2.23. The third-order valence-corrected chi connectivity index (χ3v) is 3.60. The average molecular weight is 249 g/mol. The number of hydrogen-bond acceptors (Lipinski definition) is 2. The molecule has 0 aromatic rings. The molecule has 1 fully saturated rings. The van der Waals surface area contributed by atoms with Crippen molar-refractivity contribution in [1.82, 2.24) is 5.32 Å². The number of halogens is 1. The van der Waals surface area contributed by atoms with Gasteiger partial charge in [-0.1, -0.05) is 19.8 Å². The zero-order valence-electron chi connectivity index (χ0n) is 10.4. The molecule has 0 bridgehead atoms. The molecule has 3 nitrogen and oxygen atoms in total. The maximum absolute atomic E-state index is 12.0. The summed E-state index contributed by atoms with van der Waals surface area (Å²) >= 11 is 0. The van der Waals surface area contributed by atoms with Gasteiger partial charge >= 0.3 is 0 Å². The lowest BCUT2D eigenvalue weighted by atomic mass is 9.82. The number of rotatable bonds is 5. The van der Waals surface area contributed by atoms with Gasteiger partial charge in [0.1, 0.15) is 0 Å². The zero-order valence-corrected chi connectivity index (χ0v) is 11.2. The lowest BCUT2D eigenvalue weighted by Crippen LogP contribution is -2.40. The lowest BCUT2D eigenvalue weighted by Gasteiger charge is -2.26. The van der Waals surface area contributed by atoms with Crippen LogP contribution in [-0.4, -0.2) is 18.5 Å². The highest BCUT2D eigenvalue weighted by Crippen LogP contribution is 2.40. The molecule has 16 heavy (non-hydrogen) atoms. The van der Waals surface area contributed by atoms with Crippen LogP contribution in [0.25, 0.3) is 0 Å². The summed E-state index contributed by atoms with van der Waals surface area (Å²) in [6.07, 6.45) is 6.37. The van der Waals surface area contributed by atoms with Crippen molar-refractivity contribution in [2.75, 3.05) is 6.54 Å². The van der Waals surface area contributed by atoms with Gasteiger partial charge in [-0.05, 0) is 32.6 Å². The van der Waals surface area contributed by atoms with Crippen molar-refractivity contribution in [2.24, 2.45) is 11.1 Å². The van der Waals surface area contributed by atoms with Crippen LogP contribution in [0.5, 0.6) is 0 Å². The third kappa shape index (κ3) is 3.95. The maximum atomic E-state index is 12.0. The molecule has 3 N–H and O–H groups in total. The summed E-state index contributed by atoms with van der Waals surface area (Å²) in [5, 5.41) is 3.03. The van der Waals surface area contributed by atoms with Crippen LogP contribution in [0, 0.1) is 5.41 Å². The van der Waals surface area contributed by atoms with Gasteiger partial charge in [0, 0.05) is 18.0 Å². The summed E-state index contributed by atoms with van der Waals surface area (Å²) in [6, 6.07) is 0.173. The van der Waals surface area contributed by atoms with E-state index in [0.29, 0.717) is 0 Å². The number of hydrogen-bond donors (Lipinski definition) is 2. The standard InChI is InChI=1S/C12H24N2O.ClH/c1-3-12(7-4-5-8-12)11(15)14-9-6-10(2)13;/h10H,3-9,13H2,1-2H3,(H,14,15);1H. The van der Waals surface area contributed by atoms with E-state index in [1.165, 1.54) is 12.8 Å². The first-order valence-corrected chi connectivity index (χ1v) is 6.14. The first-order chi connectivity index (χ1) is 7.10. The SMILES string of the molecule is CCC1(C(=O)NCCC(C)N)CCCC1.Cl. The summed E-state index contributed by atoms with van der Waals surface area (Å²) in [5.74, 6) is 0.253. The lowest BCUT2D eigenvalue weighted by molar-refractivity contribution is -0.131. The maximum Gasteiger partial charge on any atom is 0.226 e. The number of amides is 1. The van der Waals surface area contributed by atoms with Gasteiger partial charge in [-0.2, -0.15) is 0 Å². The fourth-order valence-corrected chi connectivity index (χ4v) is 2.39.